The minimum absolute atomic E-state index is 0.234. The van der Waals surface area contributed by atoms with E-state index in [4.69, 9.17) is 24.1 Å². The fraction of sp³-hybridized carbons (Fsp3) is 0.308. The van der Waals surface area contributed by atoms with Crippen molar-refractivity contribution in [2.75, 3.05) is 33.9 Å². The lowest BCUT2D eigenvalue weighted by Gasteiger charge is -2.44. The Kier molecular flexibility index (Phi) is 6.20. The number of hydrogen-bond donors (Lipinski definition) is 2. The molecule has 2 amide bonds. The lowest BCUT2D eigenvalue weighted by molar-refractivity contribution is -0.139. The Morgan fingerprint density at radius 3 is 2.57 bits per heavy atom. The molecule has 11 heteroatoms. The fourth-order valence-corrected chi connectivity index (χ4v) is 4.61. The summed E-state index contributed by atoms with van der Waals surface area (Å²) in [7, 11) is 3.08. The van der Waals surface area contributed by atoms with Crippen LogP contribution in [0.25, 0.3) is 10.9 Å². The van der Waals surface area contributed by atoms with Gasteiger partial charge in [-0.2, -0.15) is 0 Å². The van der Waals surface area contributed by atoms with Crippen molar-refractivity contribution in [2.45, 2.75) is 18.6 Å². The maximum Gasteiger partial charge on any atom is 0.341 e. The van der Waals surface area contributed by atoms with Gasteiger partial charge in [0, 0.05) is 37.4 Å². The Hall–Kier alpha value is -4.54. The lowest BCUT2D eigenvalue weighted by atomic mass is 9.96. The standard InChI is InChI=1S/C26H25N3O8/c1-34-20-5-3-4-16-21(35-2)13-18(27-23(16)20)25(33)29-10-8-26(9-11-29)28-24(32)17-12-15(36-14-22(30)31)6-7-19(17)37-26/h3-7,12-13H,8-11,14H2,1-2H3,(H,28,32)(H,30,31). The first-order chi connectivity index (χ1) is 17.8. The highest BCUT2D eigenvalue weighted by molar-refractivity contribution is 6.00. The molecule has 192 valence electrons. The fourth-order valence-electron chi connectivity index (χ4n) is 4.61. The number of carbonyl (C=O) groups is 3. The predicted molar refractivity (Wildman–Crippen MR) is 130 cm³/mol. The number of aromatic nitrogens is 1. The summed E-state index contributed by atoms with van der Waals surface area (Å²) in [5, 5.41) is 12.4. The number of hydrogen-bond acceptors (Lipinski definition) is 8. The average molecular weight is 507 g/mol. The lowest BCUT2D eigenvalue weighted by Crippen LogP contribution is -2.61. The summed E-state index contributed by atoms with van der Waals surface area (Å²) < 4.78 is 22.3. The summed E-state index contributed by atoms with van der Waals surface area (Å²) in [6, 6.07) is 11.7. The number of benzene rings is 2. The van der Waals surface area contributed by atoms with Crippen LogP contribution in [0, 0.1) is 0 Å². The first-order valence-electron chi connectivity index (χ1n) is 11.6. The van der Waals surface area contributed by atoms with Gasteiger partial charge < -0.3 is 34.3 Å². The highest BCUT2D eigenvalue weighted by atomic mass is 16.5. The zero-order valence-electron chi connectivity index (χ0n) is 20.3. The quantitative estimate of drug-likeness (QED) is 0.516. The van der Waals surface area contributed by atoms with E-state index < -0.39 is 18.3 Å². The van der Waals surface area contributed by atoms with Crippen LogP contribution in [0.1, 0.15) is 33.7 Å². The van der Waals surface area contributed by atoms with Gasteiger partial charge in [0.1, 0.15) is 34.2 Å². The van der Waals surface area contributed by atoms with Crippen molar-refractivity contribution in [1.82, 2.24) is 15.2 Å². The Morgan fingerprint density at radius 1 is 1.11 bits per heavy atom. The van der Waals surface area contributed by atoms with Crippen LogP contribution in [0.2, 0.25) is 0 Å². The third-order valence-electron chi connectivity index (χ3n) is 6.49. The SMILES string of the molecule is COc1cc(C(=O)N2CCC3(CC2)NC(=O)c2cc(OCC(=O)O)ccc2O3)nc2c(OC)cccc12. The van der Waals surface area contributed by atoms with Gasteiger partial charge >= 0.3 is 5.97 Å². The number of fused-ring (bicyclic) bond motifs is 2. The molecular formula is C26H25N3O8. The molecule has 2 N–H and O–H groups in total. The van der Waals surface area contributed by atoms with Crippen molar-refractivity contribution < 1.29 is 38.4 Å². The van der Waals surface area contributed by atoms with Gasteiger partial charge in [0.2, 0.25) is 0 Å². The number of nitrogens with zero attached hydrogens (tertiary/aromatic N) is 2. The van der Waals surface area contributed by atoms with Gasteiger partial charge in [-0.3, -0.25) is 9.59 Å². The molecule has 1 saturated heterocycles. The zero-order valence-corrected chi connectivity index (χ0v) is 20.3. The molecule has 2 aliphatic rings. The number of carboxylic acid groups (broad SMARTS) is 1. The van der Waals surface area contributed by atoms with Gasteiger partial charge in [-0.1, -0.05) is 6.07 Å². The van der Waals surface area contributed by atoms with Crippen molar-refractivity contribution in [3.05, 3.63) is 53.7 Å². The maximum atomic E-state index is 13.4. The van der Waals surface area contributed by atoms with Crippen molar-refractivity contribution in [1.29, 1.82) is 0 Å². The molecule has 3 heterocycles. The van der Waals surface area contributed by atoms with Crippen LogP contribution in [0.3, 0.4) is 0 Å². The van der Waals surface area contributed by atoms with E-state index in [0.29, 0.717) is 48.7 Å². The molecule has 0 unspecified atom stereocenters. The van der Waals surface area contributed by atoms with Crippen LogP contribution in [-0.2, 0) is 4.79 Å². The average Bonchev–Trinajstić information content (AvgIpc) is 2.91. The van der Waals surface area contributed by atoms with Crippen molar-refractivity contribution >= 4 is 28.7 Å². The van der Waals surface area contributed by atoms with Crippen LogP contribution >= 0.6 is 0 Å². The van der Waals surface area contributed by atoms with Crippen LogP contribution < -0.4 is 24.3 Å². The van der Waals surface area contributed by atoms with Gasteiger partial charge in [-0.25, -0.2) is 9.78 Å². The summed E-state index contributed by atoms with van der Waals surface area (Å²) in [4.78, 5) is 43.2. The number of amides is 2. The molecular weight excluding hydrogens is 482 g/mol. The molecule has 5 rings (SSSR count). The number of para-hydroxylation sites is 1. The number of piperidine rings is 1. The molecule has 3 aromatic rings. The van der Waals surface area contributed by atoms with E-state index in [1.165, 1.54) is 13.2 Å². The number of pyridine rings is 1. The van der Waals surface area contributed by atoms with Gasteiger partial charge in [-0.05, 0) is 30.3 Å². The van der Waals surface area contributed by atoms with Gasteiger partial charge in [0.15, 0.2) is 12.3 Å². The first kappa shape index (κ1) is 24.2. The summed E-state index contributed by atoms with van der Waals surface area (Å²) >= 11 is 0. The number of aliphatic carboxylic acids is 1. The summed E-state index contributed by atoms with van der Waals surface area (Å²) in [6.45, 7) is 0.157. The van der Waals surface area contributed by atoms with Crippen molar-refractivity contribution in [2.24, 2.45) is 0 Å². The molecule has 0 radical (unpaired) electrons. The van der Waals surface area contributed by atoms with E-state index in [9.17, 15) is 14.4 Å². The van der Waals surface area contributed by atoms with E-state index in [2.05, 4.69) is 10.3 Å². The number of likely N-dealkylation sites (tertiary alicyclic amines) is 1. The van der Waals surface area contributed by atoms with E-state index in [1.807, 2.05) is 12.1 Å². The Balaban J connectivity index is 1.32. The molecule has 0 bridgehead atoms. The second-order valence-electron chi connectivity index (χ2n) is 8.75. The number of carboxylic acids is 1. The normalized spacial score (nSPS) is 15.9. The number of ether oxygens (including phenoxy) is 4. The molecule has 0 aliphatic carbocycles. The summed E-state index contributed by atoms with van der Waals surface area (Å²) in [5.41, 5.74) is 0.0700. The van der Waals surface area contributed by atoms with Crippen molar-refractivity contribution in [3.63, 3.8) is 0 Å². The molecule has 11 nitrogen and oxygen atoms in total. The summed E-state index contributed by atoms with van der Waals surface area (Å²) in [6.07, 6.45) is 0.741. The molecule has 1 aromatic heterocycles. The highest BCUT2D eigenvalue weighted by Crippen LogP contribution is 2.36. The molecule has 2 aromatic carbocycles. The van der Waals surface area contributed by atoms with Crippen LogP contribution in [0.15, 0.2) is 42.5 Å². The molecule has 0 atom stereocenters. The van der Waals surface area contributed by atoms with E-state index in [0.717, 1.165) is 5.39 Å². The highest BCUT2D eigenvalue weighted by Gasteiger charge is 2.43. The number of methoxy groups -OCH3 is 2. The van der Waals surface area contributed by atoms with Crippen molar-refractivity contribution in [3.8, 4) is 23.0 Å². The molecule has 37 heavy (non-hydrogen) atoms. The van der Waals surface area contributed by atoms with E-state index in [1.54, 1.807) is 36.3 Å². The minimum Gasteiger partial charge on any atom is -0.496 e. The number of rotatable bonds is 6. The topological polar surface area (TPSA) is 137 Å². The van der Waals surface area contributed by atoms with Crippen LogP contribution in [0.5, 0.6) is 23.0 Å². The third kappa shape index (κ3) is 4.55. The smallest absolute Gasteiger partial charge is 0.341 e. The van der Waals surface area contributed by atoms with Gasteiger partial charge in [-0.15, -0.1) is 0 Å². The van der Waals surface area contributed by atoms with E-state index in [-0.39, 0.29) is 28.8 Å². The van der Waals surface area contributed by atoms with Gasteiger partial charge in [0.25, 0.3) is 11.8 Å². The Morgan fingerprint density at radius 2 is 1.86 bits per heavy atom. The third-order valence-corrected chi connectivity index (χ3v) is 6.49. The number of nitrogens with one attached hydrogen (secondary N) is 1. The van der Waals surface area contributed by atoms with E-state index >= 15 is 0 Å². The Bertz CT molecular complexity index is 1400. The Labute approximate surface area is 211 Å². The zero-order chi connectivity index (χ0) is 26.2. The monoisotopic (exact) mass is 507 g/mol. The second kappa shape index (κ2) is 9.49. The van der Waals surface area contributed by atoms with Crippen LogP contribution in [-0.4, -0.2) is 72.4 Å². The second-order valence-corrected chi connectivity index (χ2v) is 8.75. The molecule has 1 spiro atoms. The molecule has 2 aliphatic heterocycles. The predicted octanol–water partition coefficient (Wildman–Crippen LogP) is 2.47. The summed E-state index contributed by atoms with van der Waals surface area (Å²) in [5.74, 6) is -0.0393. The number of carbonyl (C=O) groups excluding carboxylic acids is 2. The van der Waals surface area contributed by atoms with Gasteiger partial charge in [0.05, 0.1) is 19.8 Å². The largest absolute Gasteiger partial charge is 0.496 e. The van der Waals surface area contributed by atoms with Crippen LogP contribution in [0.4, 0.5) is 0 Å². The molecule has 1 fully saturated rings. The minimum atomic E-state index is -1.12. The molecule has 0 saturated carbocycles. The maximum absolute atomic E-state index is 13.4. The first-order valence-corrected chi connectivity index (χ1v) is 11.6.